The van der Waals surface area contributed by atoms with E-state index in [0.29, 0.717) is 22.8 Å². The largest absolute Gasteiger partial charge is 0.493 e. The smallest absolute Gasteiger partial charge is 0.314 e. The van der Waals surface area contributed by atoms with Crippen LogP contribution in [0.3, 0.4) is 0 Å². The van der Waals surface area contributed by atoms with Gasteiger partial charge >= 0.3 is 5.97 Å². The number of nitrogens with one attached hydrogen (secondary N) is 1. The number of methoxy groups -OCH3 is 1. The number of ether oxygens (including phenoxy) is 3. The van der Waals surface area contributed by atoms with Crippen molar-refractivity contribution in [3.05, 3.63) is 53.6 Å². The fourth-order valence-electron chi connectivity index (χ4n) is 2.42. The third-order valence-corrected chi connectivity index (χ3v) is 4.07. The van der Waals surface area contributed by atoms with Gasteiger partial charge in [0.2, 0.25) is 0 Å². The first-order valence-electron chi connectivity index (χ1n) is 8.96. The predicted octanol–water partition coefficient (Wildman–Crippen LogP) is 2.85. The van der Waals surface area contributed by atoms with Crippen LogP contribution >= 0.6 is 0 Å². The highest BCUT2D eigenvalue weighted by Gasteiger charge is 2.32. The second-order valence-corrected chi connectivity index (χ2v) is 6.50. The molecule has 0 heterocycles. The van der Waals surface area contributed by atoms with Crippen LogP contribution in [-0.4, -0.2) is 31.8 Å². The van der Waals surface area contributed by atoms with E-state index in [2.05, 4.69) is 10.5 Å². The quantitative estimate of drug-likeness (QED) is 0.328. The monoisotopic (exact) mass is 382 g/mol. The standard InChI is InChI=1S/C21H22N2O5/c1-14-4-3-5-17(10-14)27-13-20(24)23-22-12-15-6-9-18(19(11-15)26-2)28-21(25)16-7-8-16/h3-6,9-12,16H,7-8,13H2,1-2H3,(H,23,24)/b22-12-. The number of amides is 1. The zero-order valence-electron chi connectivity index (χ0n) is 15.8. The van der Waals surface area contributed by atoms with E-state index in [1.54, 1.807) is 24.3 Å². The third-order valence-electron chi connectivity index (χ3n) is 4.07. The number of hydrazone groups is 1. The van der Waals surface area contributed by atoms with Gasteiger partial charge in [-0.2, -0.15) is 5.10 Å². The van der Waals surface area contributed by atoms with Gasteiger partial charge in [-0.15, -0.1) is 0 Å². The molecule has 7 nitrogen and oxygen atoms in total. The van der Waals surface area contributed by atoms with Gasteiger partial charge in [-0.25, -0.2) is 5.43 Å². The second kappa shape index (κ2) is 9.03. The number of aryl methyl sites for hydroxylation is 1. The average molecular weight is 382 g/mol. The molecule has 0 unspecified atom stereocenters. The molecule has 28 heavy (non-hydrogen) atoms. The molecule has 0 bridgehead atoms. The molecule has 0 radical (unpaired) electrons. The van der Waals surface area contributed by atoms with E-state index >= 15 is 0 Å². The second-order valence-electron chi connectivity index (χ2n) is 6.50. The maximum Gasteiger partial charge on any atom is 0.314 e. The van der Waals surface area contributed by atoms with Gasteiger partial charge in [0.1, 0.15) is 5.75 Å². The fraction of sp³-hybridized carbons (Fsp3) is 0.286. The van der Waals surface area contributed by atoms with Crippen molar-refractivity contribution in [2.75, 3.05) is 13.7 Å². The van der Waals surface area contributed by atoms with Crippen molar-refractivity contribution >= 4 is 18.1 Å². The van der Waals surface area contributed by atoms with Crippen molar-refractivity contribution in [3.63, 3.8) is 0 Å². The Bertz CT molecular complexity index is 890. The lowest BCUT2D eigenvalue weighted by Gasteiger charge is -2.09. The number of nitrogens with zero attached hydrogens (tertiary/aromatic N) is 1. The van der Waals surface area contributed by atoms with E-state index in [0.717, 1.165) is 18.4 Å². The van der Waals surface area contributed by atoms with Crippen LogP contribution in [-0.2, 0) is 9.59 Å². The molecule has 146 valence electrons. The minimum atomic E-state index is -0.375. The summed E-state index contributed by atoms with van der Waals surface area (Å²) >= 11 is 0. The Labute approximate surface area is 163 Å². The van der Waals surface area contributed by atoms with E-state index in [1.807, 2.05) is 25.1 Å². The Morgan fingerprint density at radius 1 is 1.18 bits per heavy atom. The first-order valence-corrected chi connectivity index (χ1v) is 8.96. The van der Waals surface area contributed by atoms with Gasteiger partial charge in [0, 0.05) is 0 Å². The maximum absolute atomic E-state index is 11.8. The molecule has 2 aromatic carbocycles. The van der Waals surface area contributed by atoms with Crippen molar-refractivity contribution in [2.24, 2.45) is 11.0 Å². The third kappa shape index (κ3) is 5.57. The Hall–Kier alpha value is -3.35. The molecule has 0 atom stereocenters. The SMILES string of the molecule is COc1cc(/C=N\NC(=O)COc2cccc(C)c2)ccc1OC(=O)C1CC1. The van der Waals surface area contributed by atoms with Gasteiger partial charge in [0.15, 0.2) is 18.1 Å². The lowest BCUT2D eigenvalue weighted by Crippen LogP contribution is -2.24. The van der Waals surface area contributed by atoms with Gasteiger partial charge in [-0.05, 0) is 61.2 Å². The Morgan fingerprint density at radius 3 is 2.71 bits per heavy atom. The molecule has 2 aromatic rings. The first kappa shape index (κ1) is 19.4. The molecule has 1 amide bonds. The topological polar surface area (TPSA) is 86.2 Å². The number of rotatable bonds is 8. The van der Waals surface area contributed by atoms with Crippen molar-refractivity contribution in [2.45, 2.75) is 19.8 Å². The molecule has 0 aromatic heterocycles. The summed E-state index contributed by atoms with van der Waals surface area (Å²) in [5.74, 6) is 0.808. The van der Waals surface area contributed by atoms with Gasteiger partial charge in [-0.3, -0.25) is 9.59 Å². The molecule has 0 saturated heterocycles. The van der Waals surface area contributed by atoms with Crippen molar-refractivity contribution in [1.29, 1.82) is 0 Å². The predicted molar refractivity (Wildman–Crippen MR) is 104 cm³/mol. The molecule has 1 N–H and O–H groups in total. The molecule has 1 aliphatic carbocycles. The number of benzene rings is 2. The molecule has 1 fully saturated rings. The molecule has 1 saturated carbocycles. The van der Waals surface area contributed by atoms with Gasteiger partial charge in [0.25, 0.3) is 5.91 Å². The lowest BCUT2D eigenvalue weighted by molar-refractivity contribution is -0.135. The number of carbonyl (C=O) groups is 2. The number of hydrogen-bond donors (Lipinski definition) is 1. The Balaban J connectivity index is 1.51. The summed E-state index contributed by atoms with van der Waals surface area (Å²) < 4.78 is 16.0. The highest BCUT2D eigenvalue weighted by Crippen LogP contribution is 2.34. The summed E-state index contributed by atoms with van der Waals surface area (Å²) in [4.78, 5) is 23.6. The molecular formula is C21H22N2O5. The van der Waals surface area contributed by atoms with Crippen LogP contribution in [0.25, 0.3) is 0 Å². The van der Waals surface area contributed by atoms with Crippen LogP contribution in [0.15, 0.2) is 47.6 Å². The first-order chi connectivity index (χ1) is 13.5. The van der Waals surface area contributed by atoms with Gasteiger partial charge < -0.3 is 14.2 Å². The Morgan fingerprint density at radius 2 is 2.00 bits per heavy atom. The van der Waals surface area contributed by atoms with Crippen LogP contribution in [0.1, 0.15) is 24.0 Å². The summed E-state index contributed by atoms with van der Waals surface area (Å²) in [5.41, 5.74) is 4.14. The molecule has 0 spiro atoms. The molecule has 1 aliphatic rings. The van der Waals surface area contributed by atoms with Crippen LogP contribution in [0.4, 0.5) is 0 Å². The average Bonchev–Trinajstić information content (AvgIpc) is 3.53. The van der Waals surface area contributed by atoms with Gasteiger partial charge in [-0.1, -0.05) is 12.1 Å². The van der Waals surface area contributed by atoms with E-state index in [-0.39, 0.29) is 24.4 Å². The van der Waals surface area contributed by atoms with Crippen molar-refractivity contribution < 1.29 is 23.8 Å². The Kier molecular flexibility index (Phi) is 6.26. The van der Waals surface area contributed by atoms with Crippen LogP contribution in [0, 0.1) is 12.8 Å². The highest BCUT2D eigenvalue weighted by atomic mass is 16.6. The molecule has 3 rings (SSSR count). The maximum atomic E-state index is 11.8. The summed E-state index contributed by atoms with van der Waals surface area (Å²) in [7, 11) is 1.50. The number of esters is 1. The summed E-state index contributed by atoms with van der Waals surface area (Å²) in [6, 6.07) is 12.5. The number of hydrogen-bond acceptors (Lipinski definition) is 6. The fourth-order valence-corrected chi connectivity index (χ4v) is 2.42. The van der Waals surface area contributed by atoms with Gasteiger partial charge in [0.05, 0.1) is 19.2 Å². The summed E-state index contributed by atoms with van der Waals surface area (Å²) in [6.45, 7) is 1.81. The zero-order valence-corrected chi connectivity index (χ0v) is 15.8. The molecule has 7 heteroatoms. The lowest BCUT2D eigenvalue weighted by atomic mass is 10.2. The van der Waals surface area contributed by atoms with Crippen molar-refractivity contribution in [3.8, 4) is 17.2 Å². The molecule has 0 aliphatic heterocycles. The van der Waals surface area contributed by atoms with E-state index in [1.165, 1.54) is 13.3 Å². The number of carbonyl (C=O) groups excluding carboxylic acids is 2. The van der Waals surface area contributed by atoms with Crippen molar-refractivity contribution in [1.82, 2.24) is 5.43 Å². The molecular weight excluding hydrogens is 360 g/mol. The highest BCUT2D eigenvalue weighted by molar-refractivity contribution is 5.84. The van der Waals surface area contributed by atoms with E-state index in [4.69, 9.17) is 14.2 Å². The zero-order chi connectivity index (χ0) is 19.9. The van der Waals surface area contributed by atoms with Crippen LogP contribution in [0.2, 0.25) is 0 Å². The normalized spacial score (nSPS) is 13.2. The van der Waals surface area contributed by atoms with E-state index in [9.17, 15) is 9.59 Å². The van der Waals surface area contributed by atoms with Crippen LogP contribution in [0.5, 0.6) is 17.2 Å². The minimum absolute atomic E-state index is 0.00294. The van der Waals surface area contributed by atoms with E-state index < -0.39 is 0 Å². The minimum Gasteiger partial charge on any atom is -0.493 e. The van der Waals surface area contributed by atoms with Crippen LogP contribution < -0.4 is 19.6 Å². The summed E-state index contributed by atoms with van der Waals surface area (Å²) in [5, 5.41) is 3.91. The summed E-state index contributed by atoms with van der Waals surface area (Å²) in [6.07, 6.45) is 3.22.